The van der Waals surface area contributed by atoms with Gasteiger partial charge in [0.05, 0.1) is 0 Å². The highest BCUT2D eigenvalue weighted by Crippen LogP contribution is 2.44. The summed E-state index contributed by atoms with van der Waals surface area (Å²) in [6.45, 7) is 4.41. The molecule has 178 valence electrons. The second-order valence-electron chi connectivity index (χ2n) is 9.45. The summed E-state index contributed by atoms with van der Waals surface area (Å²) in [6.07, 6.45) is 4.11. The number of benzene rings is 2. The average Bonchev–Trinajstić information content (AvgIpc) is 3.57. The Labute approximate surface area is 206 Å². The van der Waals surface area contributed by atoms with Crippen LogP contribution in [0.1, 0.15) is 59.6 Å². The molecule has 3 aromatic heterocycles. The van der Waals surface area contributed by atoms with Gasteiger partial charge in [0.15, 0.2) is 11.5 Å². The summed E-state index contributed by atoms with van der Waals surface area (Å²) in [5.41, 5.74) is 8.66. The number of aromatic nitrogens is 5. The number of nitrogens with one attached hydrogen (secondary N) is 1. The molecule has 2 aliphatic rings. The van der Waals surface area contributed by atoms with E-state index in [1.54, 1.807) is 0 Å². The molecule has 7 rings (SSSR count). The Morgan fingerprint density at radius 1 is 1.14 bits per heavy atom. The lowest BCUT2D eigenvalue weighted by Gasteiger charge is -2.17. The molecular formula is C28H23N5O3. The van der Waals surface area contributed by atoms with Crippen LogP contribution in [-0.2, 0) is 6.61 Å². The Kier molecular flexibility index (Phi) is 4.51. The molecule has 5 aromatic rings. The molecule has 0 saturated heterocycles. The Balaban J connectivity index is 1.47. The number of pyridine rings is 1. The minimum Gasteiger partial charge on any atom is -0.488 e. The molecule has 1 saturated carbocycles. The number of hydrogen-bond donors (Lipinski definition) is 1. The second-order valence-corrected chi connectivity index (χ2v) is 9.45. The fraction of sp³-hybridized carbons (Fsp3) is 0.214. The van der Waals surface area contributed by atoms with Crippen molar-refractivity contribution in [3.8, 4) is 11.4 Å². The van der Waals surface area contributed by atoms with E-state index < -0.39 is 5.76 Å². The van der Waals surface area contributed by atoms with Gasteiger partial charge in [0.2, 0.25) is 0 Å². The fourth-order valence-electron chi connectivity index (χ4n) is 5.15. The van der Waals surface area contributed by atoms with E-state index in [0.717, 1.165) is 74.7 Å². The number of aromatic amines is 1. The zero-order chi connectivity index (χ0) is 24.4. The molecule has 1 aliphatic heterocycles. The van der Waals surface area contributed by atoms with Crippen molar-refractivity contribution in [1.29, 1.82) is 0 Å². The van der Waals surface area contributed by atoms with Gasteiger partial charge < -0.3 is 4.74 Å². The third-order valence-corrected chi connectivity index (χ3v) is 7.04. The van der Waals surface area contributed by atoms with Crippen molar-refractivity contribution < 1.29 is 9.26 Å². The van der Waals surface area contributed by atoms with Crippen molar-refractivity contribution in [2.45, 2.75) is 39.2 Å². The molecule has 0 amide bonds. The first kappa shape index (κ1) is 20.9. The Morgan fingerprint density at radius 2 is 2.03 bits per heavy atom. The summed E-state index contributed by atoms with van der Waals surface area (Å²) in [6, 6.07) is 16.4. The number of allylic oxidation sites excluding steroid dienone is 1. The lowest BCUT2D eigenvalue weighted by Crippen LogP contribution is -2.04. The molecule has 0 spiro atoms. The number of rotatable bonds is 3. The number of imidazole rings is 1. The molecule has 1 fully saturated rings. The molecule has 36 heavy (non-hydrogen) atoms. The van der Waals surface area contributed by atoms with Crippen LogP contribution < -0.4 is 10.5 Å². The van der Waals surface area contributed by atoms with E-state index >= 15 is 0 Å². The normalized spacial score (nSPS) is 16.3. The van der Waals surface area contributed by atoms with E-state index in [1.165, 1.54) is 0 Å². The van der Waals surface area contributed by atoms with Crippen molar-refractivity contribution in [2.75, 3.05) is 0 Å². The summed E-state index contributed by atoms with van der Waals surface area (Å²) in [4.78, 5) is 24.0. The van der Waals surface area contributed by atoms with Gasteiger partial charge in [-0.15, -0.1) is 0 Å². The molecular weight excluding hydrogens is 454 g/mol. The molecule has 8 heteroatoms. The molecule has 1 N–H and O–H groups in total. The Morgan fingerprint density at radius 3 is 2.83 bits per heavy atom. The third kappa shape index (κ3) is 3.21. The van der Waals surface area contributed by atoms with Crippen molar-refractivity contribution in [3.05, 3.63) is 99.2 Å². The van der Waals surface area contributed by atoms with Gasteiger partial charge in [-0.1, -0.05) is 23.4 Å². The first-order valence-corrected chi connectivity index (χ1v) is 12.1. The maximum atomic E-state index is 11.7. The van der Waals surface area contributed by atoms with Crippen LogP contribution in [0.15, 0.2) is 64.0 Å². The van der Waals surface area contributed by atoms with Crippen LogP contribution in [0.2, 0.25) is 0 Å². The molecule has 2 aromatic carbocycles. The average molecular weight is 478 g/mol. The van der Waals surface area contributed by atoms with Crippen LogP contribution in [0.5, 0.6) is 5.75 Å². The molecule has 0 bridgehead atoms. The predicted molar refractivity (Wildman–Crippen MR) is 135 cm³/mol. The number of ether oxygens (including phenoxy) is 1. The van der Waals surface area contributed by atoms with Gasteiger partial charge in [-0.25, -0.2) is 14.8 Å². The van der Waals surface area contributed by atoms with Gasteiger partial charge in [0.1, 0.15) is 23.7 Å². The van der Waals surface area contributed by atoms with Crippen molar-refractivity contribution >= 4 is 22.3 Å². The minimum atomic E-state index is -0.581. The van der Waals surface area contributed by atoms with Gasteiger partial charge in [0, 0.05) is 28.9 Å². The van der Waals surface area contributed by atoms with Crippen LogP contribution >= 0.6 is 0 Å². The second kappa shape index (κ2) is 7.78. The van der Waals surface area contributed by atoms with Gasteiger partial charge in [0.25, 0.3) is 0 Å². The van der Waals surface area contributed by atoms with Crippen LogP contribution in [0.3, 0.4) is 0 Å². The number of H-pyrrole nitrogens is 1. The summed E-state index contributed by atoms with van der Waals surface area (Å²) < 4.78 is 13.3. The highest BCUT2D eigenvalue weighted by Gasteiger charge is 2.31. The smallest absolute Gasteiger partial charge is 0.439 e. The van der Waals surface area contributed by atoms with Crippen LogP contribution in [0.25, 0.3) is 28.0 Å². The fourth-order valence-corrected chi connectivity index (χ4v) is 5.15. The van der Waals surface area contributed by atoms with Crippen LogP contribution in [0.4, 0.5) is 0 Å². The molecule has 1 aliphatic carbocycles. The maximum absolute atomic E-state index is 11.7. The van der Waals surface area contributed by atoms with Gasteiger partial charge in [-0.3, -0.25) is 14.1 Å². The molecule has 0 unspecified atom stereocenters. The predicted octanol–water partition coefficient (Wildman–Crippen LogP) is 5.15. The summed E-state index contributed by atoms with van der Waals surface area (Å²) >= 11 is 0. The summed E-state index contributed by atoms with van der Waals surface area (Å²) in [5.74, 6) is 2.14. The van der Waals surface area contributed by atoms with E-state index in [4.69, 9.17) is 14.2 Å². The number of aryl methyl sites for hydroxylation is 1. The van der Waals surface area contributed by atoms with Crippen molar-refractivity contribution in [2.24, 2.45) is 0 Å². The molecule has 4 heterocycles. The minimum absolute atomic E-state index is 0.405. The quantitative estimate of drug-likeness (QED) is 0.386. The first-order chi connectivity index (χ1) is 17.6. The van der Waals surface area contributed by atoms with E-state index in [2.05, 4.69) is 50.9 Å². The first-order valence-electron chi connectivity index (χ1n) is 12.1. The summed E-state index contributed by atoms with van der Waals surface area (Å²) in [7, 11) is 0. The zero-order valence-electron chi connectivity index (χ0n) is 19.9. The lowest BCUT2D eigenvalue weighted by molar-refractivity contribution is 0.307. The van der Waals surface area contributed by atoms with E-state index in [1.807, 2.05) is 37.4 Å². The van der Waals surface area contributed by atoms with Gasteiger partial charge in [-0.2, -0.15) is 0 Å². The monoisotopic (exact) mass is 477 g/mol. The number of nitrogens with zero attached hydrogens (tertiary/aromatic N) is 4. The maximum Gasteiger partial charge on any atom is 0.439 e. The largest absolute Gasteiger partial charge is 0.488 e. The Bertz CT molecular complexity index is 1750. The SMILES string of the molecule is C/C(=C1\c2ccc(-n3c(C4CC4)nc4cccnc43)cc2COc2cccc(C)c21)c1noc(=O)[nH]1. The van der Waals surface area contributed by atoms with Crippen molar-refractivity contribution in [1.82, 2.24) is 24.7 Å². The van der Waals surface area contributed by atoms with E-state index in [-0.39, 0.29) is 0 Å². The lowest BCUT2D eigenvalue weighted by atomic mass is 9.88. The number of fused-ring (bicyclic) bond motifs is 3. The summed E-state index contributed by atoms with van der Waals surface area (Å²) in [5, 5.41) is 3.96. The zero-order valence-corrected chi connectivity index (χ0v) is 19.9. The van der Waals surface area contributed by atoms with Crippen LogP contribution in [0, 0.1) is 6.92 Å². The van der Waals surface area contributed by atoms with Gasteiger partial charge in [-0.05, 0) is 79.3 Å². The van der Waals surface area contributed by atoms with E-state index in [0.29, 0.717) is 18.3 Å². The van der Waals surface area contributed by atoms with E-state index in [9.17, 15) is 4.79 Å². The Hall–Kier alpha value is -4.46. The highest BCUT2D eigenvalue weighted by atomic mass is 16.5. The molecule has 0 radical (unpaired) electrons. The standard InChI is InChI=1S/C28H23N5O3/c1-15-5-3-7-22-23(15)24(16(2)25-31-28(34)36-32-25)20-11-10-19(13-18(20)14-35-22)33-26(17-8-9-17)30-21-6-4-12-29-27(21)33/h3-7,10-13,17H,8-9,14H2,1-2H3,(H,31,32,34)/b24-16-. The van der Waals surface area contributed by atoms with Crippen molar-refractivity contribution in [3.63, 3.8) is 0 Å². The third-order valence-electron chi connectivity index (χ3n) is 7.04. The molecule has 8 nitrogen and oxygen atoms in total. The highest BCUT2D eigenvalue weighted by molar-refractivity contribution is 6.00. The van der Waals surface area contributed by atoms with Crippen LogP contribution in [-0.4, -0.2) is 24.7 Å². The number of hydrogen-bond acceptors (Lipinski definition) is 6. The van der Waals surface area contributed by atoms with Gasteiger partial charge >= 0.3 is 5.76 Å². The topological polar surface area (TPSA) is 98.8 Å². The molecule has 0 atom stereocenters.